The van der Waals surface area contributed by atoms with Crippen LogP contribution < -0.4 is 16.4 Å². The average Bonchev–Trinajstić information content (AvgIpc) is 2.37. The summed E-state index contributed by atoms with van der Waals surface area (Å²) >= 11 is 11.7. The van der Waals surface area contributed by atoms with Crippen molar-refractivity contribution in [3.05, 3.63) is 22.3 Å². The van der Waals surface area contributed by atoms with Gasteiger partial charge in [0.15, 0.2) is 5.96 Å². The Morgan fingerprint density at radius 2 is 2.15 bits per heavy atom. The van der Waals surface area contributed by atoms with Crippen LogP contribution in [0.5, 0.6) is 0 Å². The van der Waals surface area contributed by atoms with Crippen molar-refractivity contribution in [3.63, 3.8) is 0 Å². The number of pyridine rings is 1. The van der Waals surface area contributed by atoms with Crippen LogP contribution in [-0.2, 0) is 0 Å². The van der Waals surface area contributed by atoms with Gasteiger partial charge in [-0.25, -0.2) is 4.98 Å². The standard InChI is InChI=1S/C12H19Cl2N5.HI/c1-2-3-4-17-12(15)18-6-5-16-11-10(14)7-9(13)8-19-11;/h7-8H,2-6H2,1H3,(H,16,19)(H3,15,17,18);1H. The fourth-order valence-corrected chi connectivity index (χ4v) is 1.78. The van der Waals surface area contributed by atoms with E-state index in [4.69, 9.17) is 28.9 Å². The van der Waals surface area contributed by atoms with Gasteiger partial charge in [-0.05, 0) is 12.5 Å². The van der Waals surface area contributed by atoms with Gasteiger partial charge in [0.05, 0.1) is 10.0 Å². The van der Waals surface area contributed by atoms with Gasteiger partial charge in [-0.1, -0.05) is 36.5 Å². The summed E-state index contributed by atoms with van der Waals surface area (Å²) in [7, 11) is 0. The number of rotatable bonds is 7. The van der Waals surface area contributed by atoms with Crippen molar-refractivity contribution in [1.29, 1.82) is 0 Å². The Hall–Kier alpha value is -0.470. The van der Waals surface area contributed by atoms with Gasteiger partial charge in [-0.3, -0.25) is 4.99 Å². The lowest BCUT2D eigenvalue weighted by Crippen LogP contribution is -2.35. The van der Waals surface area contributed by atoms with E-state index >= 15 is 0 Å². The van der Waals surface area contributed by atoms with Crippen LogP contribution in [0.1, 0.15) is 19.8 Å². The van der Waals surface area contributed by atoms with Gasteiger partial charge in [0.2, 0.25) is 0 Å². The zero-order chi connectivity index (χ0) is 14.1. The van der Waals surface area contributed by atoms with E-state index in [9.17, 15) is 0 Å². The lowest BCUT2D eigenvalue weighted by molar-refractivity contribution is 0.795. The van der Waals surface area contributed by atoms with Crippen LogP contribution in [0.4, 0.5) is 5.82 Å². The minimum absolute atomic E-state index is 0. The molecule has 1 rings (SSSR count). The minimum Gasteiger partial charge on any atom is -0.370 e. The SMILES string of the molecule is CCCCN=C(N)NCCNc1ncc(Cl)cc1Cl.I. The molecule has 0 aliphatic rings. The minimum atomic E-state index is 0. The van der Waals surface area contributed by atoms with E-state index in [2.05, 4.69) is 27.5 Å². The molecule has 1 heterocycles. The molecular formula is C12H20Cl2IN5. The lowest BCUT2D eigenvalue weighted by atomic mass is 10.3. The predicted molar refractivity (Wildman–Crippen MR) is 97.6 cm³/mol. The molecule has 0 atom stereocenters. The first-order chi connectivity index (χ1) is 9.13. The van der Waals surface area contributed by atoms with Crippen molar-refractivity contribution in [2.45, 2.75) is 19.8 Å². The van der Waals surface area contributed by atoms with Crippen molar-refractivity contribution >= 4 is 59.0 Å². The number of nitrogens with two attached hydrogens (primary N) is 1. The van der Waals surface area contributed by atoms with Crippen molar-refractivity contribution in [3.8, 4) is 0 Å². The van der Waals surface area contributed by atoms with Crippen LogP contribution in [0, 0.1) is 0 Å². The largest absolute Gasteiger partial charge is 0.370 e. The van der Waals surface area contributed by atoms with Gasteiger partial charge < -0.3 is 16.4 Å². The molecule has 0 bridgehead atoms. The molecule has 5 nitrogen and oxygen atoms in total. The van der Waals surface area contributed by atoms with Crippen molar-refractivity contribution < 1.29 is 0 Å². The molecule has 0 aliphatic carbocycles. The van der Waals surface area contributed by atoms with Crippen LogP contribution in [0.25, 0.3) is 0 Å². The first kappa shape index (κ1) is 19.5. The Labute approximate surface area is 146 Å². The second kappa shape index (κ2) is 11.2. The monoisotopic (exact) mass is 431 g/mol. The van der Waals surface area contributed by atoms with E-state index in [0.29, 0.717) is 34.9 Å². The number of hydrogen-bond acceptors (Lipinski definition) is 3. The number of nitrogens with zero attached hydrogens (tertiary/aromatic N) is 2. The molecule has 1 aromatic rings. The number of aromatic nitrogens is 1. The van der Waals surface area contributed by atoms with Gasteiger partial charge in [0, 0.05) is 25.8 Å². The summed E-state index contributed by atoms with van der Waals surface area (Å²) in [5, 5.41) is 7.11. The molecule has 0 aromatic carbocycles. The van der Waals surface area contributed by atoms with E-state index in [1.807, 2.05) is 0 Å². The van der Waals surface area contributed by atoms with Crippen LogP contribution in [0.3, 0.4) is 0 Å². The molecule has 0 saturated heterocycles. The molecule has 0 spiro atoms. The third-order valence-electron chi connectivity index (χ3n) is 2.33. The Morgan fingerprint density at radius 1 is 1.40 bits per heavy atom. The molecule has 0 amide bonds. The quantitative estimate of drug-likeness (QED) is 0.268. The molecule has 0 radical (unpaired) electrons. The van der Waals surface area contributed by atoms with Crippen LogP contribution in [0.15, 0.2) is 17.3 Å². The zero-order valence-electron chi connectivity index (χ0n) is 11.3. The number of nitrogens with one attached hydrogen (secondary N) is 2. The number of halogens is 3. The summed E-state index contributed by atoms with van der Waals surface area (Å²) in [5.74, 6) is 1.07. The highest BCUT2D eigenvalue weighted by Gasteiger charge is 2.01. The van der Waals surface area contributed by atoms with E-state index in [1.54, 1.807) is 12.3 Å². The normalized spacial score (nSPS) is 10.8. The van der Waals surface area contributed by atoms with Gasteiger partial charge >= 0.3 is 0 Å². The lowest BCUT2D eigenvalue weighted by Gasteiger charge is -2.09. The maximum absolute atomic E-state index is 5.98. The van der Waals surface area contributed by atoms with Gasteiger partial charge in [-0.15, -0.1) is 24.0 Å². The Bertz CT molecular complexity index is 428. The van der Waals surface area contributed by atoms with Crippen molar-refractivity contribution in [1.82, 2.24) is 10.3 Å². The molecule has 0 unspecified atom stereocenters. The van der Waals surface area contributed by atoms with E-state index < -0.39 is 0 Å². The summed E-state index contributed by atoms with van der Waals surface area (Å²) in [6, 6.07) is 1.65. The third-order valence-corrected chi connectivity index (χ3v) is 2.82. The first-order valence-electron chi connectivity index (χ1n) is 6.22. The highest BCUT2D eigenvalue weighted by Crippen LogP contribution is 2.21. The van der Waals surface area contributed by atoms with Crippen molar-refractivity contribution in [2.75, 3.05) is 25.0 Å². The van der Waals surface area contributed by atoms with Gasteiger partial charge in [0.25, 0.3) is 0 Å². The van der Waals surface area contributed by atoms with E-state index in [1.165, 1.54) is 0 Å². The van der Waals surface area contributed by atoms with E-state index in [-0.39, 0.29) is 24.0 Å². The summed E-state index contributed by atoms with van der Waals surface area (Å²) in [4.78, 5) is 8.27. The van der Waals surface area contributed by atoms with Crippen LogP contribution in [0.2, 0.25) is 10.0 Å². The second-order valence-corrected chi connectivity index (χ2v) is 4.80. The number of hydrogen-bond donors (Lipinski definition) is 3. The molecule has 4 N–H and O–H groups in total. The molecule has 0 saturated carbocycles. The third kappa shape index (κ3) is 7.96. The molecular weight excluding hydrogens is 412 g/mol. The number of guanidine groups is 1. The smallest absolute Gasteiger partial charge is 0.188 e. The summed E-state index contributed by atoms with van der Waals surface area (Å²) in [6.45, 7) is 4.15. The fourth-order valence-electron chi connectivity index (χ4n) is 1.33. The van der Waals surface area contributed by atoms with Crippen LogP contribution in [-0.4, -0.2) is 30.6 Å². The Morgan fingerprint density at radius 3 is 2.80 bits per heavy atom. The predicted octanol–water partition coefficient (Wildman–Crippen LogP) is 3.12. The second-order valence-electron chi connectivity index (χ2n) is 3.96. The number of unbranched alkanes of at least 4 members (excludes halogenated alkanes) is 1. The van der Waals surface area contributed by atoms with Crippen molar-refractivity contribution in [2.24, 2.45) is 10.7 Å². The summed E-state index contributed by atoms with van der Waals surface area (Å²) in [6.07, 6.45) is 3.70. The fraction of sp³-hybridized carbons (Fsp3) is 0.500. The molecule has 1 aromatic heterocycles. The molecule has 20 heavy (non-hydrogen) atoms. The molecule has 114 valence electrons. The summed E-state index contributed by atoms with van der Waals surface area (Å²) in [5.41, 5.74) is 5.70. The number of aliphatic imine (C=N–C) groups is 1. The maximum atomic E-state index is 5.98. The highest BCUT2D eigenvalue weighted by molar-refractivity contribution is 14.0. The topological polar surface area (TPSA) is 75.3 Å². The van der Waals surface area contributed by atoms with E-state index in [0.717, 1.165) is 19.4 Å². The van der Waals surface area contributed by atoms with Gasteiger partial charge in [-0.2, -0.15) is 0 Å². The molecule has 0 fully saturated rings. The molecule has 0 aliphatic heterocycles. The van der Waals surface area contributed by atoms with Crippen LogP contribution >= 0.6 is 47.2 Å². The Kier molecular flexibility index (Phi) is 11.0. The first-order valence-corrected chi connectivity index (χ1v) is 6.97. The number of anilines is 1. The average molecular weight is 432 g/mol. The Balaban J connectivity index is 0.00000361. The molecule has 8 heteroatoms. The highest BCUT2D eigenvalue weighted by atomic mass is 127. The summed E-state index contributed by atoms with van der Waals surface area (Å²) < 4.78 is 0. The maximum Gasteiger partial charge on any atom is 0.188 e. The zero-order valence-corrected chi connectivity index (χ0v) is 15.2. The van der Waals surface area contributed by atoms with Gasteiger partial charge in [0.1, 0.15) is 5.82 Å².